The van der Waals surface area contributed by atoms with Crippen LogP contribution in [0.25, 0.3) is 0 Å². The van der Waals surface area contributed by atoms with Crippen molar-refractivity contribution in [3.05, 3.63) is 23.8 Å². The maximum atomic E-state index is 5.52. The van der Waals surface area contributed by atoms with Gasteiger partial charge in [-0.05, 0) is 69.2 Å². The van der Waals surface area contributed by atoms with Gasteiger partial charge in [0, 0.05) is 63.4 Å². The summed E-state index contributed by atoms with van der Waals surface area (Å²) in [6.45, 7) is 16.7. The molecule has 2 aliphatic rings. The molecule has 0 unspecified atom stereocenters. The Hall–Kier alpha value is -1.26. The molecule has 4 nitrogen and oxygen atoms in total. The second-order valence-corrected chi connectivity index (χ2v) is 8.77. The van der Waals surface area contributed by atoms with E-state index in [1.54, 1.807) is 0 Å². The Morgan fingerprint density at radius 3 is 2.42 bits per heavy atom. The summed E-state index contributed by atoms with van der Waals surface area (Å²) in [5.74, 6) is 0. The van der Waals surface area contributed by atoms with Crippen LogP contribution in [-0.2, 0) is 4.74 Å². The normalized spacial score (nSPS) is 21.2. The van der Waals surface area contributed by atoms with E-state index in [1.807, 2.05) is 0 Å². The summed E-state index contributed by atoms with van der Waals surface area (Å²) in [5.41, 5.74) is 4.41. The molecule has 0 radical (unpaired) electrons. The average molecular weight is 360 g/mol. The number of ether oxygens (including phenoxy) is 1. The molecule has 1 aromatic rings. The lowest BCUT2D eigenvalue weighted by Gasteiger charge is -2.38. The Labute approximate surface area is 159 Å². The number of hydrogen-bond donors (Lipinski definition) is 1. The highest BCUT2D eigenvalue weighted by molar-refractivity contribution is 5.60. The molecule has 2 saturated heterocycles. The fourth-order valence-corrected chi connectivity index (χ4v) is 4.17. The number of nitrogens with zero attached hydrogens (tertiary/aromatic N) is 2. The van der Waals surface area contributed by atoms with Gasteiger partial charge in [0.15, 0.2) is 0 Å². The van der Waals surface area contributed by atoms with E-state index >= 15 is 0 Å². The topological polar surface area (TPSA) is 27.7 Å². The van der Waals surface area contributed by atoms with Crippen molar-refractivity contribution in [1.82, 2.24) is 4.90 Å². The molecule has 146 valence electrons. The molecule has 4 heteroatoms. The van der Waals surface area contributed by atoms with Crippen LogP contribution in [0.5, 0.6) is 0 Å². The van der Waals surface area contributed by atoms with Crippen LogP contribution in [-0.4, -0.2) is 56.9 Å². The predicted octanol–water partition coefficient (Wildman–Crippen LogP) is 4.14. The van der Waals surface area contributed by atoms with E-state index in [2.05, 4.69) is 61.0 Å². The number of aryl methyl sites for hydroxylation is 1. The smallest absolute Gasteiger partial charge is 0.0471 e. The molecule has 2 aliphatic heterocycles. The van der Waals surface area contributed by atoms with Crippen LogP contribution in [0.1, 0.15) is 45.6 Å². The van der Waals surface area contributed by atoms with E-state index in [1.165, 1.54) is 36.2 Å². The first-order valence-corrected chi connectivity index (χ1v) is 10.4. The third-order valence-electron chi connectivity index (χ3n) is 6.23. The van der Waals surface area contributed by atoms with Gasteiger partial charge in [0.25, 0.3) is 0 Å². The van der Waals surface area contributed by atoms with Crippen LogP contribution in [0.4, 0.5) is 11.4 Å². The maximum Gasteiger partial charge on any atom is 0.0471 e. The summed E-state index contributed by atoms with van der Waals surface area (Å²) >= 11 is 0. The molecule has 26 heavy (non-hydrogen) atoms. The first kappa shape index (κ1) is 19.5. The Morgan fingerprint density at radius 2 is 1.77 bits per heavy atom. The lowest BCUT2D eigenvalue weighted by molar-refractivity contribution is 0.0215. The van der Waals surface area contributed by atoms with Gasteiger partial charge in [-0.3, -0.25) is 4.90 Å². The van der Waals surface area contributed by atoms with Crippen molar-refractivity contribution in [1.29, 1.82) is 0 Å². The van der Waals surface area contributed by atoms with Gasteiger partial charge in [-0.1, -0.05) is 6.92 Å². The third kappa shape index (κ3) is 5.14. The molecule has 0 amide bonds. The number of piperazine rings is 1. The van der Waals surface area contributed by atoms with Crippen LogP contribution >= 0.6 is 0 Å². The molecule has 0 aliphatic carbocycles. The summed E-state index contributed by atoms with van der Waals surface area (Å²) in [4.78, 5) is 5.11. The summed E-state index contributed by atoms with van der Waals surface area (Å²) in [7, 11) is 0. The average Bonchev–Trinajstić information content (AvgIpc) is 2.62. The number of benzene rings is 1. The van der Waals surface area contributed by atoms with E-state index in [9.17, 15) is 0 Å². The molecular weight excluding hydrogens is 322 g/mol. The van der Waals surface area contributed by atoms with Gasteiger partial charge in [0.05, 0.1) is 0 Å². The second kappa shape index (κ2) is 8.62. The van der Waals surface area contributed by atoms with Gasteiger partial charge >= 0.3 is 0 Å². The minimum atomic E-state index is 0.436. The first-order valence-electron chi connectivity index (χ1n) is 10.4. The lowest BCUT2D eigenvalue weighted by Crippen LogP contribution is -2.48. The number of rotatable bonds is 6. The summed E-state index contributed by atoms with van der Waals surface area (Å²) < 4.78 is 5.52. The van der Waals surface area contributed by atoms with E-state index in [0.29, 0.717) is 11.5 Å². The van der Waals surface area contributed by atoms with E-state index in [4.69, 9.17) is 4.74 Å². The minimum Gasteiger partial charge on any atom is -0.385 e. The second-order valence-electron chi connectivity index (χ2n) is 8.77. The van der Waals surface area contributed by atoms with Crippen LogP contribution in [0.2, 0.25) is 0 Å². The molecule has 0 saturated carbocycles. The Kier molecular flexibility index (Phi) is 6.46. The number of anilines is 2. The maximum absolute atomic E-state index is 5.52. The van der Waals surface area contributed by atoms with Gasteiger partial charge < -0.3 is 15.0 Å². The highest BCUT2D eigenvalue weighted by Gasteiger charge is 2.26. The van der Waals surface area contributed by atoms with Gasteiger partial charge in [0.2, 0.25) is 0 Å². The Morgan fingerprint density at radius 1 is 1.08 bits per heavy atom. The van der Waals surface area contributed by atoms with E-state index < -0.39 is 0 Å². The van der Waals surface area contributed by atoms with Crippen molar-refractivity contribution < 1.29 is 4.74 Å². The molecule has 1 aromatic carbocycles. The fraction of sp³-hybridized carbons (Fsp3) is 0.727. The van der Waals surface area contributed by atoms with Gasteiger partial charge in [-0.15, -0.1) is 0 Å². The largest absolute Gasteiger partial charge is 0.385 e. The van der Waals surface area contributed by atoms with Crippen LogP contribution < -0.4 is 10.2 Å². The zero-order chi connectivity index (χ0) is 18.6. The third-order valence-corrected chi connectivity index (χ3v) is 6.23. The zero-order valence-electron chi connectivity index (χ0n) is 17.2. The Balaban J connectivity index is 1.56. The molecule has 0 atom stereocenters. The number of nitrogens with one attached hydrogen (secondary N) is 1. The van der Waals surface area contributed by atoms with Crippen molar-refractivity contribution in [2.75, 3.05) is 56.2 Å². The van der Waals surface area contributed by atoms with Crippen molar-refractivity contribution >= 4 is 11.4 Å². The minimum absolute atomic E-state index is 0.436. The molecule has 2 fully saturated rings. The zero-order valence-corrected chi connectivity index (χ0v) is 17.2. The molecule has 2 heterocycles. The summed E-state index contributed by atoms with van der Waals surface area (Å²) in [6.07, 6.45) is 3.59. The molecule has 3 rings (SSSR count). The molecular formula is C22H37N3O. The Bertz CT molecular complexity index is 573. The first-order chi connectivity index (χ1) is 12.5. The SMILES string of the molecule is Cc1cc(NCCC2(C)CCOCC2)cc(N2CCN(C(C)C)CC2)c1. The summed E-state index contributed by atoms with van der Waals surface area (Å²) in [5, 5.41) is 3.69. The highest BCUT2D eigenvalue weighted by Crippen LogP contribution is 2.33. The van der Waals surface area contributed by atoms with Crippen molar-refractivity contribution in [3.63, 3.8) is 0 Å². The summed E-state index contributed by atoms with van der Waals surface area (Å²) in [6, 6.07) is 7.60. The standard InChI is InChI=1S/C22H37N3O/c1-18(2)24-9-11-25(12-10-24)21-16-19(3)15-20(17-21)23-8-5-22(4)6-13-26-14-7-22/h15-18,23H,5-14H2,1-4H3. The van der Waals surface area contributed by atoms with E-state index in [-0.39, 0.29) is 0 Å². The fourth-order valence-electron chi connectivity index (χ4n) is 4.17. The van der Waals surface area contributed by atoms with E-state index in [0.717, 1.165) is 45.9 Å². The van der Waals surface area contributed by atoms with Crippen molar-refractivity contribution in [2.24, 2.45) is 5.41 Å². The van der Waals surface area contributed by atoms with Crippen molar-refractivity contribution in [2.45, 2.75) is 53.0 Å². The van der Waals surface area contributed by atoms with Crippen LogP contribution in [0.3, 0.4) is 0 Å². The molecule has 1 N–H and O–H groups in total. The monoisotopic (exact) mass is 359 g/mol. The molecule has 0 aromatic heterocycles. The molecule has 0 bridgehead atoms. The van der Waals surface area contributed by atoms with Gasteiger partial charge in [0.1, 0.15) is 0 Å². The van der Waals surface area contributed by atoms with Crippen LogP contribution in [0.15, 0.2) is 18.2 Å². The van der Waals surface area contributed by atoms with Crippen molar-refractivity contribution in [3.8, 4) is 0 Å². The van der Waals surface area contributed by atoms with Gasteiger partial charge in [-0.2, -0.15) is 0 Å². The molecule has 0 spiro atoms. The number of hydrogen-bond acceptors (Lipinski definition) is 4. The lowest BCUT2D eigenvalue weighted by atomic mass is 9.79. The predicted molar refractivity (Wildman–Crippen MR) is 111 cm³/mol. The van der Waals surface area contributed by atoms with Crippen LogP contribution in [0, 0.1) is 12.3 Å². The quantitative estimate of drug-likeness (QED) is 0.826. The van der Waals surface area contributed by atoms with Gasteiger partial charge in [-0.25, -0.2) is 0 Å². The highest BCUT2D eigenvalue weighted by atomic mass is 16.5.